The maximum Gasteiger partial charge on any atom is 0.124 e. The van der Waals surface area contributed by atoms with E-state index in [0.29, 0.717) is 0 Å². The van der Waals surface area contributed by atoms with Gasteiger partial charge in [-0.2, -0.15) is 0 Å². The fourth-order valence-corrected chi connectivity index (χ4v) is 2.80. The van der Waals surface area contributed by atoms with E-state index in [1.165, 1.54) is 31.7 Å². The lowest BCUT2D eigenvalue weighted by molar-refractivity contribution is 0.552. The van der Waals surface area contributed by atoms with Crippen molar-refractivity contribution < 1.29 is 4.39 Å². The molecule has 96 valence electrons. The highest BCUT2D eigenvalue weighted by atomic mass is 127. The third kappa shape index (κ3) is 5.34. The van der Waals surface area contributed by atoms with Crippen molar-refractivity contribution >= 4 is 22.6 Å². The van der Waals surface area contributed by atoms with E-state index in [4.69, 9.17) is 5.73 Å². The van der Waals surface area contributed by atoms with Gasteiger partial charge in [0, 0.05) is 9.61 Å². The zero-order chi connectivity index (χ0) is 12.7. The summed E-state index contributed by atoms with van der Waals surface area (Å²) in [4.78, 5) is 0. The molecule has 0 aliphatic heterocycles. The molecule has 2 N–H and O–H groups in total. The molecule has 0 amide bonds. The number of benzene rings is 1. The average molecular weight is 349 g/mol. The van der Waals surface area contributed by atoms with Crippen LogP contribution in [0, 0.1) is 9.39 Å². The maximum atomic E-state index is 13.0. The first-order valence-electron chi connectivity index (χ1n) is 6.35. The van der Waals surface area contributed by atoms with Gasteiger partial charge in [0.1, 0.15) is 5.82 Å². The predicted molar refractivity (Wildman–Crippen MR) is 79.4 cm³/mol. The van der Waals surface area contributed by atoms with Crippen LogP contribution in [0.4, 0.5) is 4.39 Å². The van der Waals surface area contributed by atoms with E-state index in [-0.39, 0.29) is 11.9 Å². The van der Waals surface area contributed by atoms with Gasteiger partial charge in [-0.05, 0) is 46.7 Å². The molecule has 0 heterocycles. The number of hydrogen-bond donors (Lipinski definition) is 1. The Kier molecular flexibility index (Phi) is 7.04. The summed E-state index contributed by atoms with van der Waals surface area (Å²) in [7, 11) is 0. The first kappa shape index (κ1) is 14.9. The quantitative estimate of drug-likeness (QED) is 0.556. The number of unbranched alkanes of at least 4 members (excludes halogenated alkanes) is 4. The van der Waals surface area contributed by atoms with Gasteiger partial charge < -0.3 is 5.73 Å². The average Bonchev–Trinajstić information content (AvgIpc) is 2.28. The van der Waals surface area contributed by atoms with Gasteiger partial charge in [-0.15, -0.1) is 0 Å². The van der Waals surface area contributed by atoms with Gasteiger partial charge in [-0.25, -0.2) is 4.39 Å². The van der Waals surface area contributed by atoms with Crippen molar-refractivity contribution in [3.05, 3.63) is 33.1 Å². The Morgan fingerprint density at radius 1 is 1.24 bits per heavy atom. The van der Waals surface area contributed by atoms with Crippen molar-refractivity contribution in [2.45, 2.75) is 51.5 Å². The molecule has 0 saturated carbocycles. The lowest BCUT2D eigenvalue weighted by Crippen LogP contribution is -2.11. The van der Waals surface area contributed by atoms with Gasteiger partial charge in [0.25, 0.3) is 0 Å². The summed E-state index contributed by atoms with van der Waals surface area (Å²) in [6.45, 7) is 2.21. The molecular weight excluding hydrogens is 328 g/mol. The monoisotopic (exact) mass is 349 g/mol. The first-order chi connectivity index (χ1) is 8.15. The molecule has 0 spiro atoms. The highest BCUT2D eigenvalue weighted by Gasteiger charge is 2.10. The van der Waals surface area contributed by atoms with Gasteiger partial charge in [0.15, 0.2) is 0 Å². The molecule has 0 saturated heterocycles. The molecule has 1 rings (SSSR count). The normalized spacial score (nSPS) is 12.7. The Balaban J connectivity index is 2.38. The Hall–Kier alpha value is -0.160. The minimum atomic E-state index is -0.187. The second-order valence-electron chi connectivity index (χ2n) is 4.48. The fourth-order valence-electron chi connectivity index (χ4n) is 1.93. The summed E-state index contributed by atoms with van der Waals surface area (Å²) in [5, 5.41) is 0. The van der Waals surface area contributed by atoms with Crippen LogP contribution < -0.4 is 5.73 Å². The van der Waals surface area contributed by atoms with E-state index < -0.39 is 0 Å². The highest BCUT2D eigenvalue weighted by molar-refractivity contribution is 14.1. The largest absolute Gasteiger partial charge is 0.324 e. The third-order valence-corrected chi connectivity index (χ3v) is 3.91. The van der Waals surface area contributed by atoms with Gasteiger partial charge in [-0.3, -0.25) is 0 Å². The van der Waals surface area contributed by atoms with Crippen LogP contribution >= 0.6 is 22.6 Å². The second kappa shape index (κ2) is 8.03. The van der Waals surface area contributed by atoms with Crippen molar-refractivity contribution in [2.75, 3.05) is 0 Å². The second-order valence-corrected chi connectivity index (χ2v) is 5.64. The number of halogens is 2. The summed E-state index contributed by atoms with van der Waals surface area (Å²) in [5.74, 6) is -0.187. The number of hydrogen-bond acceptors (Lipinski definition) is 1. The van der Waals surface area contributed by atoms with E-state index in [1.54, 1.807) is 6.07 Å². The van der Waals surface area contributed by atoms with Crippen LogP contribution in [0.15, 0.2) is 18.2 Å². The Morgan fingerprint density at radius 2 is 1.94 bits per heavy atom. The zero-order valence-electron chi connectivity index (χ0n) is 10.4. The highest BCUT2D eigenvalue weighted by Crippen LogP contribution is 2.23. The predicted octanol–water partition coefficient (Wildman–Crippen LogP) is 4.79. The van der Waals surface area contributed by atoms with Crippen molar-refractivity contribution in [3.8, 4) is 0 Å². The van der Waals surface area contributed by atoms with Crippen LogP contribution in [0.25, 0.3) is 0 Å². The van der Waals surface area contributed by atoms with E-state index >= 15 is 0 Å². The van der Waals surface area contributed by atoms with Gasteiger partial charge in [0.05, 0.1) is 0 Å². The Bertz CT molecular complexity index is 341. The fraction of sp³-hybridized carbons (Fsp3) is 0.571. The van der Waals surface area contributed by atoms with Crippen LogP contribution in [0.5, 0.6) is 0 Å². The lowest BCUT2D eigenvalue weighted by Gasteiger charge is -2.13. The molecule has 0 fully saturated rings. The molecule has 0 aromatic heterocycles. The van der Waals surface area contributed by atoms with Crippen LogP contribution in [0.2, 0.25) is 0 Å². The molecule has 1 unspecified atom stereocenters. The Morgan fingerprint density at radius 3 is 2.59 bits per heavy atom. The van der Waals surface area contributed by atoms with E-state index in [1.807, 2.05) is 6.07 Å². The molecule has 1 aromatic rings. The SMILES string of the molecule is CCCCCCCC(N)c1ccc(F)cc1I. The summed E-state index contributed by atoms with van der Waals surface area (Å²) < 4.78 is 13.9. The van der Waals surface area contributed by atoms with E-state index in [9.17, 15) is 4.39 Å². The molecule has 0 radical (unpaired) electrons. The summed E-state index contributed by atoms with van der Waals surface area (Å²) >= 11 is 2.16. The smallest absolute Gasteiger partial charge is 0.124 e. The molecule has 1 atom stereocenters. The van der Waals surface area contributed by atoms with Crippen LogP contribution in [0.3, 0.4) is 0 Å². The molecule has 0 aliphatic carbocycles. The van der Waals surface area contributed by atoms with Crippen molar-refractivity contribution in [3.63, 3.8) is 0 Å². The zero-order valence-corrected chi connectivity index (χ0v) is 12.5. The topological polar surface area (TPSA) is 26.0 Å². The number of nitrogens with two attached hydrogens (primary N) is 1. The molecule has 1 nitrogen and oxygen atoms in total. The number of rotatable bonds is 7. The first-order valence-corrected chi connectivity index (χ1v) is 7.43. The summed E-state index contributed by atoms with van der Waals surface area (Å²) in [6.07, 6.45) is 7.27. The van der Waals surface area contributed by atoms with Crippen LogP contribution in [-0.4, -0.2) is 0 Å². The van der Waals surface area contributed by atoms with Gasteiger partial charge in [-0.1, -0.05) is 45.1 Å². The minimum absolute atomic E-state index is 0.0455. The van der Waals surface area contributed by atoms with E-state index in [2.05, 4.69) is 29.5 Å². The molecule has 17 heavy (non-hydrogen) atoms. The molecule has 1 aromatic carbocycles. The third-order valence-electron chi connectivity index (χ3n) is 2.98. The van der Waals surface area contributed by atoms with Gasteiger partial charge >= 0.3 is 0 Å². The Labute approximate surface area is 117 Å². The van der Waals surface area contributed by atoms with Crippen LogP contribution in [-0.2, 0) is 0 Å². The van der Waals surface area contributed by atoms with Crippen molar-refractivity contribution in [2.24, 2.45) is 5.73 Å². The molecule has 3 heteroatoms. The standard InChI is InChI=1S/C14H21FIN/c1-2-3-4-5-6-7-14(17)12-9-8-11(15)10-13(12)16/h8-10,14H,2-7,17H2,1H3. The maximum absolute atomic E-state index is 13.0. The lowest BCUT2D eigenvalue weighted by atomic mass is 10.0. The summed E-state index contributed by atoms with van der Waals surface area (Å²) in [5.41, 5.74) is 7.21. The molecule has 0 bridgehead atoms. The molecule has 0 aliphatic rings. The molecular formula is C14H21FIN. The van der Waals surface area contributed by atoms with Crippen molar-refractivity contribution in [1.82, 2.24) is 0 Å². The summed E-state index contributed by atoms with van der Waals surface area (Å²) in [6, 6.07) is 4.90. The minimum Gasteiger partial charge on any atom is -0.324 e. The van der Waals surface area contributed by atoms with Gasteiger partial charge in [0.2, 0.25) is 0 Å². The van der Waals surface area contributed by atoms with E-state index in [0.717, 1.165) is 22.0 Å². The van der Waals surface area contributed by atoms with Crippen molar-refractivity contribution in [1.29, 1.82) is 0 Å². The van der Waals surface area contributed by atoms with Crippen LogP contribution in [0.1, 0.15) is 57.1 Å².